The van der Waals surface area contributed by atoms with Gasteiger partial charge in [0, 0.05) is 11.6 Å². The minimum atomic E-state index is -5.27. The molecule has 0 aliphatic carbocycles. The van der Waals surface area contributed by atoms with E-state index < -0.39 is 41.1 Å². The summed E-state index contributed by atoms with van der Waals surface area (Å²) in [5, 5.41) is 9.05. The van der Waals surface area contributed by atoms with Crippen LogP contribution in [-0.4, -0.2) is 11.3 Å². The Hall–Kier alpha value is -1.51. The molecule has 18 heavy (non-hydrogen) atoms. The zero-order valence-electron chi connectivity index (χ0n) is 8.40. The van der Waals surface area contributed by atoms with E-state index in [2.05, 4.69) is 5.73 Å². The molecule has 0 saturated carbocycles. The standard InChI is InChI=1S/C9H6F7NO/c10-3-1-4(8(11,12)13)6(5(18)2-3)7(17)9(14,15)16/h1-2,7,18H,17H2/t7-/m0/s1. The first-order valence-corrected chi connectivity index (χ1v) is 4.36. The van der Waals surface area contributed by atoms with Gasteiger partial charge in [0.2, 0.25) is 0 Å². The summed E-state index contributed by atoms with van der Waals surface area (Å²) in [6.45, 7) is 0. The van der Waals surface area contributed by atoms with E-state index in [0.29, 0.717) is 0 Å². The highest BCUT2D eigenvalue weighted by Gasteiger charge is 2.45. The number of alkyl halides is 6. The average Bonchev–Trinajstić information content (AvgIpc) is 2.12. The van der Waals surface area contributed by atoms with Crippen molar-refractivity contribution in [1.82, 2.24) is 0 Å². The third-order valence-corrected chi connectivity index (χ3v) is 2.09. The van der Waals surface area contributed by atoms with Crippen molar-refractivity contribution in [2.45, 2.75) is 18.4 Å². The lowest BCUT2D eigenvalue weighted by Gasteiger charge is -2.21. The Kier molecular flexibility index (Phi) is 3.48. The van der Waals surface area contributed by atoms with Crippen molar-refractivity contribution in [1.29, 1.82) is 0 Å². The van der Waals surface area contributed by atoms with Crippen molar-refractivity contribution in [3.8, 4) is 5.75 Å². The minimum Gasteiger partial charge on any atom is -0.507 e. The Balaban J connectivity index is 3.52. The van der Waals surface area contributed by atoms with E-state index in [0.717, 1.165) is 0 Å². The van der Waals surface area contributed by atoms with Gasteiger partial charge in [0.25, 0.3) is 0 Å². The van der Waals surface area contributed by atoms with Crippen LogP contribution in [0, 0.1) is 5.82 Å². The lowest BCUT2D eigenvalue weighted by atomic mass is 9.98. The number of hydrogen-bond acceptors (Lipinski definition) is 2. The van der Waals surface area contributed by atoms with Gasteiger partial charge in [-0.3, -0.25) is 0 Å². The minimum absolute atomic E-state index is 0.135. The van der Waals surface area contributed by atoms with E-state index in [1.807, 2.05) is 0 Å². The molecule has 0 aliphatic rings. The van der Waals surface area contributed by atoms with Gasteiger partial charge in [-0.05, 0) is 6.07 Å². The SMILES string of the molecule is N[C@@H](c1c(O)cc(F)cc1C(F)(F)F)C(F)(F)F. The van der Waals surface area contributed by atoms with Gasteiger partial charge in [0.05, 0.1) is 5.56 Å². The molecule has 0 bridgehead atoms. The van der Waals surface area contributed by atoms with Crippen molar-refractivity contribution in [3.05, 3.63) is 29.1 Å². The molecule has 0 radical (unpaired) electrons. The number of aromatic hydroxyl groups is 1. The molecular weight excluding hydrogens is 271 g/mol. The van der Waals surface area contributed by atoms with Crippen LogP contribution in [-0.2, 0) is 6.18 Å². The predicted molar refractivity (Wildman–Crippen MR) is 46.1 cm³/mol. The largest absolute Gasteiger partial charge is 0.507 e. The first kappa shape index (κ1) is 14.6. The third kappa shape index (κ3) is 2.84. The molecule has 3 N–H and O–H groups in total. The molecular formula is C9H6F7NO. The van der Waals surface area contributed by atoms with Crippen molar-refractivity contribution in [2.75, 3.05) is 0 Å². The average molecular weight is 277 g/mol. The number of nitrogens with two attached hydrogens (primary N) is 1. The molecule has 1 atom stereocenters. The number of hydrogen-bond donors (Lipinski definition) is 2. The summed E-state index contributed by atoms with van der Waals surface area (Å²) in [4.78, 5) is 0. The van der Waals surface area contributed by atoms with E-state index in [4.69, 9.17) is 5.11 Å². The first-order valence-electron chi connectivity index (χ1n) is 4.36. The molecule has 0 spiro atoms. The second-order valence-electron chi connectivity index (χ2n) is 3.40. The summed E-state index contributed by atoms with van der Waals surface area (Å²) in [6, 6.07) is -3.08. The van der Waals surface area contributed by atoms with Crippen LogP contribution in [0.2, 0.25) is 0 Å². The second kappa shape index (κ2) is 4.30. The van der Waals surface area contributed by atoms with Crippen molar-refractivity contribution in [3.63, 3.8) is 0 Å². The van der Waals surface area contributed by atoms with Gasteiger partial charge in [0.15, 0.2) is 0 Å². The summed E-state index contributed by atoms with van der Waals surface area (Å²) in [7, 11) is 0. The van der Waals surface area contributed by atoms with Crippen LogP contribution in [0.4, 0.5) is 30.7 Å². The van der Waals surface area contributed by atoms with Gasteiger partial charge in [0.1, 0.15) is 17.6 Å². The zero-order chi connectivity index (χ0) is 14.3. The fourth-order valence-corrected chi connectivity index (χ4v) is 1.33. The van der Waals surface area contributed by atoms with Crippen molar-refractivity contribution < 1.29 is 35.8 Å². The molecule has 2 nitrogen and oxygen atoms in total. The molecule has 0 fully saturated rings. The van der Waals surface area contributed by atoms with Gasteiger partial charge in [-0.2, -0.15) is 26.3 Å². The molecule has 102 valence electrons. The van der Waals surface area contributed by atoms with Crippen LogP contribution in [0.25, 0.3) is 0 Å². The van der Waals surface area contributed by atoms with E-state index in [1.54, 1.807) is 0 Å². The van der Waals surface area contributed by atoms with Crippen LogP contribution in [0.3, 0.4) is 0 Å². The summed E-state index contributed by atoms with van der Waals surface area (Å²) in [5.41, 5.74) is 1.06. The fourth-order valence-electron chi connectivity index (χ4n) is 1.33. The van der Waals surface area contributed by atoms with E-state index >= 15 is 0 Å². The first-order chi connectivity index (χ1) is 7.94. The van der Waals surface area contributed by atoms with Crippen LogP contribution in [0.15, 0.2) is 12.1 Å². The summed E-state index contributed by atoms with van der Waals surface area (Å²) in [5.74, 6) is -3.01. The maximum absolute atomic E-state index is 12.7. The number of halogens is 7. The van der Waals surface area contributed by atoms with Crippen molar-refractivity contribution >= 4 is 0 Å². The molecule has 1 rings (SSSR count). The monoisotopic (exact) mass is 277 g/mol. The lowest BCUT2D eigenvalue weighted by molar-refractivity contribution is -0.156. The van der Waals surface area contributed by atoms with Crippen LogP contribution >= 0.6 is 0 Å². The van der Waals surface area contributed by atoms with E-state index in [-0.39, 0.29) is 12.1 Å². The maximum Gasteiger partial charge on any atom is 0.416 e. The molecule has 1 aromatic rings. The van der Waals surface area contributed by atoms with Gasteiger partial charge < -0.3 is 10.8 Å². The van der Waals surface area contributed by atoms with Crippen LogP contribution < -0.4 is 5.73 Å². The molecule has 0 amide bonds. The quantitative estimate of drug-likeness (QED) is 0.775. The number of rotatable bonds is 1. The molecule has 0 saturated heterocycles. The van der Waals surface area contributed by atoms with Gasteiger partial charge in [-0.15, -0.1) is 0 Å². The second-order valence-corrected chi connectivity index (χ2v) is 3.40. The fraction of sp³-hybridized carbons (Fsp3) is 0.333. The summed E-state index contributed by atoms with van der Waals surface area (Å²) in [6.07, 6.45) is -10.5. The predicted octanol–water partition coefficient (Wildman–Crippen LogP) is 3.11. The highest BCUT2D eigenvalue weighted by molar-refractivity contribution is 5.44. The van der Waals surface area contributed by atoms with Crippen LogP contribution in [0.5, 0.6) is 5.75 Å². The van der Waals surface area contributed by atoms with E-state index in [1.165, 1.54) is 0 Å². The normalized spacial score (nSPS) is 14.7. The van der Waals surface area contributed by atoms with Gasteiger partial charge >= 0.3 is 12.4 Å². The molecule has 0 heterocycles. The van der Waals surface area contributed by atoms with Gasteiger partial charge in [-0.1, -0.05) is 0 Å². The third-order valence-electron chi connectivity index (χ3n) is 2.09. The van der Waals surface area contributed by atoms with Crippen molar-refractivity contribution in [2.24, 2.45) is 5.73 Å². The highest BCUT2D eigenvalue weighted by atomic mass is 19.4. The Morgan fingerprint density at radius 3 is 1.94 bits per heavy atom. The number of benzene rings is 1. The molecule has 9 heteroatoms. The summed E-state index contributed by atoms with van der Waals surface area (Å²) >= 11 is 0. The Bertz CT molecular complexity index is 451. The van der Waals surface area contributed by atoms with Gasteiger partial charge in [-0.25, -0.2) is 4.39 Å². The highest BCUT2D eigenvalue weighted by Crippen LogP contribution is 2.43. The molecule has 1 aromatic carbocycles. The zero-order valence-corrected chi connectivity index (χ0v) is 8.40. The van der Waals surface area contributed by atoms with E-state index in [9.17, 15) is 30.7 Å². The topological polar surface area (TPSA) is 46.2 Å². The Morgan fingerprint density at radius 2 is 1.56 bits per heavy atom. The number of phenols is 1. The Labute approximate surface area is 95.8 Å². The molecule has 0 aromatic heterocycles. The number of phenolic OH excluding ortho intramolecular Hbond substituents is 1. The summed E-state index contributed by atoms with van der Waals surface area (Å²) < 4.78 is 86.9. The lowest BCUT2D eigenvalue weighted by Crippen LogP contribution is -2.31. The van der Waals surface area contributed by atoms with Crippen LogP contribution in [0.1, 0.15) is 17.2 Å². The Morgan fingerprint density at radius 1 is 1.06 bits per heavy atom. The smallest absolute Gasteiger partial charge is 0.416 e. The molecule has 0 unspecified atom stereocenters. The maximum atomic E-state index is 12.7. The molecule has 0 aliphatic heterocycles.